The van der Waals surface area contributed by atoms with Gasteiger partial charge in [-0.2, -0.15) is 18.3 Å². The van der Waals surface area contributed by atoms with Crippen molar-refractivity contribution in [2.75, 3.05) is 13.6 Å². The average molecular weight is 470 g/mol. The standard InChI is InChI=1S/C20H18F4N4O3S/c1-28(19(29)16-5-2-10-25-18(16)32(30,31)20(22,23)24)11-3-4-15-12-17(27-26-15)13-6-8-14(21)9-7-13/h2,5-10,12H,3-4,11H2,1H3,(H,26,27). The van der Waals surface area contributed by atoms with E-state index in [0.29, 0.717) is 18.5 Å². The third-order valence-electron chi connectivity index (χ3n) is 4.62. The Balaban J connectivity index is 1.65. The number of aromatic amines is 1. The lowest BCUT2D eigenvalue weighted by atomic mass is 10.1. The van der Waals surface area contributed by atoms with Gasteiger partial charge >= 0.3 is 5.51 Å². The lowest BCUT2D eigenvalue weighted by Gasteiger charge is -2.18. The number of benzene rings is 1. The van der Waals surface area contributed by atoms with Crippen molar-refractivity contribution in [3.63, 3.8) is 0 Å². The molecule has 1 N–H and O–H groups in total. The first-order valence-electron chi connectivity index (χ1n) is 9.33. The van der Waals surface area contributed by atoms with Crippen LogP contribution in [0.5, 0.6) is 0 Å². The number of nitrogens with zero attached hydrogens (tertiary/aromatic N) is 3. The number of carbonyl (C=O) groups excluding carboxylic acids is 1. The summed E-state index contributed by atoms with van der Waals surface area (Å²) in [4.78, 5) is 17.0. The van der Waals surface area contributed by atoms with Gasteiger partial charge in [-0.25, -0.2) is 17.8 Å². The van der Waals surface area contributed by atoms with E-state index in [-0.39, 0.29) is 12.4 Å². The van der Waals surface area contributed by atoms with Gasteiger partial charge in [-0.1, -0.05) is 0 Å². The smallest absolute Gasteiger partial charge is 0.342 e. The summed E-state index contributed by atoms with van der Waals surface area (Å²) in [6.07, 6.45) is 1.77. The third-order valence-corrected chi connectivity index (χ3v) is 6.06. The molecule has 3 aromatic rings. The SMILES string of the molecule is CN(CCCc1cc(-c2ccc(F)cc2)n[nH]1)C(=O)c1cccnc1S(=O)(=O)C(F)(F)F. The number of pyridine rings is 1. The number of H-pyrrole nitrogens is 1. The van der Waals surface area contributed by atoms with Crippen LogP contribution in [0.15, 0.2) is 53.7 Å². The number of sulfone groups is 1. The van der Waals surface area contributed by atoms with Gasteiger partial charge in [-0.05, 0) is 55.3 Å². The number of nitrogens with one attached hydrogen (secondary N) is 1. The van der Waals surface area contributed by atoms with E-state index in [2.05, 4.69) is 15.2 Å². The minimum Gasteiger partial charge on any atom is -0.342 e. The molecule has 2 aromatic heterocycles. The Kier molecular flexibility index (Phi) is 6.63. The van der Waals surface area contributed by atoms with Gasteiger partial charge in [0, 0.05) is 31.0 Å². The largest absolute Gasteiger partial charge is 0.503 e. The highest BCUT2D eigenvalue weighted by molar-refractivity contribution is 7.92. The minimum atomic E-state index is -5.77. The maximum atomic E-state index is 13.0. The molecule has 7 nitrogen and oxygen atoms in total. The first-order valence-corrected chi connectivity index (χ1v) is 10.8. The highest BCUT2D eigenvalue weighted by Gasteiger charge is 2.49. The number of rotatable bonds is 7. The van der Waals surface area contributed by atoms with Crippen molar-refractivity contribution in [1.82, 2.24) is 20.1 Å². The second-order valence-electron chi connectivity index (χ2n) is 6.92. The molecule has 12 heteroatoms. The molecule has 1 aromatic carbocycles. The Bertz CT molecular complexity index is 1210. The molecule has 0 bridgehead atoms. The zero-order chi connectivity index (χ0) is 23.5. The second-order valence-corrected chi connectivity index (χ2v) is 8.78. The van der Waals surface area contributed by atoms with Gasteiger partial charge in [-0.3, -0.25) is 9.89 Å². The van der Waals surface area contributed by atoms with Crippen LogP contribution in [0.2, 0.25) is 0 Å². The average Bonchev–Trinajstić information content (AvgIpc) is 3.21. The normalized spacial score (nSPS) is 12.0. The Morgan fingerprint density at radius 2 is 1.84 bits per heavy atom. The van der Waals surface area contributed by atoms with Crippen LogP contribution in [0.4, 0.5) is 17.6 Å². The summed E-state index contributed by atoms with van der Waals surface area (Å²) in [6.45, 7) is 0.143. The zero-order valence-electron chi connectivity index (χ0n) is 16.7. The van der Waals surface area contributed by atoms with Gasteiger partial charge in [0.25, 0.3) is 15.7 Å². The summed E-state index contributed by atoms with van der Waals surface area (Å²) in [6, 6.07) is 9.76. The molecule has 0 aliphatic rings. The zero-order valence-corrected chi connectivity index (χ0v) is 17.5. The van der Waals surface area contributed by atoms with Gasteiger partial charge in [-0.15, -0.1) is 0 Å². The molecule has 2 heterocycles. The molecule has 0 fully saturated rings. The molecule has 0 unspecified atom stereocenters. The number of aromatic nitrogens is 3. The van der Waals surface area contributed by atoms with E-state index in [9.17, 15) is 30.8 Å². The predicted molar refractivity (Wildman–Crippen MR) is 107 cm³/mol. The van der Waals surface area contributed by atoms with Crippen molar-refractivity contribution >= 4 is 15.7 Å². The molecular weight excluding hydrogens is 452 g/mol. The summed E-state index contributed by atoms with van der Waals surface area (Å²) in [7, 11) is -4.41. The number of aryl methyl sites for hydroxylation is 1. The number of halogens is 4. The van der Waals surface area contributed by atoms with E-state index < -0.39 is 31.8 Å². The first-order chi connectivity index (χ1) is 15.0. The Morgan fingerprint density at radius 1 is 1.16 bits per heavy atom. The summed E-state index contributed by atoms with van der Waals surface area (Å²) < 4.78 is 75.3. The molecule has 0 aliphatic carbocycles. The maximum absolute atomic E-state index is 13.0. The molecule has 3 rings (SSSR count). The van der Waals surface area contributed by atoms with E-state index in [4.69, 9.17) is 0 Å². The predicted octanol–water partition coefficient (Wildman–Crippen LogP) is 3.61. The van der Waals surface area contributed by atoms with Crippen molar-refractivity contribution in [2.45, 2.75) is 23.4 Å². The van der Waals surface area contributed by atoms with Crippen molar-refractivity contribution < 1.29 is 30.8 Å². The Morgan fingerprint density at radius 3 is 2.50 bits per heavy atom. The van der Waals surface area contributed by atoms with Crippen LogP contribution >= 0.6 is 0 Å². The molecule has 0 atom stereocenters. The molecule has 0 aliphatic heterocycles. The summed E-state index contributed by atoms with van der Waals surface area (Å²) >= 11 is 0. The van der Waals surface area contributed by atoms with Crippen LogP contribution in [0.3, 0.4) is 0 Å². The molecule has 1 amide bonds. The molecule has 0 spiro atoms. The van der Waals surface area contributed by atoms with E-state index in [0.717, 1.165) is 28.4 Å². The lowest BCUT2D eigenvalue weighted by molar-refractivity contribution is -0.0438. The summed E-state index contributed by atoms with van der Waals surface area (Å²) in [5.74, 6) is -1.26. The first kappa shape index (κ1) is 23.4. The van der Waals surface area contributed by atoms with E-state index in [1.54, 1.807) is 18.2 Å². The summed E-state index contributed by atoms with van der Waals surface area (Å²) in [5, 5.41) is 5.67. The quantitative estimate of drug-likeness (QED) is 0.533. The highest BCUT2D eigenvalue weighted by atomic mass is 32.2. The van der Waals surface area contributed by atoms with Crippen LogP contribution in [-0.2, 0) is 16.3 Å². The van der Waals surface area contributed by atoms with E-state index in [1.807, 2.05) is 0 Å². The molecule has 0 saturated carbocycles. The Hall–Kier alpha value is -3.28. The molecular formula is C20H18F4N4O3S. The fraction of sp³-hybridized carbons (Fsp3) is 0.250. The van der Waals surface area contributed by atoms with E-state index >= 15 is 0 Å². The van der Waals surface area contributed by atoms with Crippen LogP contribution in [0.25, 0.3) is 11.3 Å². The van der Waals surface area contributed by atoms with Crippen LogP contribution in [0.1, 0.15) is 22.5 Å². The minimum absolute atomic E-state index is 0.143. The van der Waals surface area contributed by atoms with E-state index in [1.165, 1.54) is 25.2 Å². The van der Waals surface area contributed by atoms with Gasteiger partial charge in [0.05, 0.1) is 11.3 Å². The summed E-state index contributed by atoms with van der Waals surface area (Å²) in [5.41, 5.74) is -4.14. The van der Waals surface area contributed by atoms with Crippen molar-refractivity contribution in [1.29, 1.82) is 0 Å². The third kappa shape index (κ3) is 4.96. The van der Waals surface area contributed by atoms with Crippen LogP contribution in [-0.4, -0.2) is 53.5 Å². The molecule has 0 radical (unpaired) electrons. The number of carbonyl (C=O) groups is 1. The molecule has 0 saturated heterocycles. The van der Waals surface area contributed by atoms with Crippen molar-refractivity contribution in [2.24, 2.45) is 0 Å². The monoisotopic (exact) mass is 470 g/mol. The fourth-order valence-corrected chi connectivity index (χ4v) is 3.81. The van der Waals surface area contributed by atoms with Crippen molar-refractivity contribution in [3.8, 4) is 11.3 Å². The van der Waals surface area contributed by atoms with Crippen LogP contribution < -0.4 is 0 Å². The molecule has 32 heavy (non-hydrogen) atoms. The highest BCUT2D eigenvalue weighted by Crippen LogP contribution is 2.31. The topological polar surface area (TPSA) is 96.0 Å². The number of hydrogen-bond donors (Lipinski definition) is 1. The lowest BCUT2D eigenvalue weighted by Crippen LogP contribution is -2.32. The van der Waals surface area contributed by atoms with Gasteiger partial charge < -0.3 is 4.90 Å². The maximum Gasteiger partial charge on any atom is 0.503 e. The van der Waals surface area contributed by atoms with Crippen molar-refractivity contribution in [3.05, 3.63) is 65.7 Å². The fourth-order valence-electron chi connectivity index (χ4n) is 2.95. The van der Waals surface area contributed by atoms with Gasteiger partial charge in [0.15, 0.2) is 5.03 Å². The number of hydrogen-bond acceptors (Lipinski definition) is 5. The Labute approximate surface area is 181 Å². The number of alkyl halides is 3. The number of amides is 1. The molecule has 170 valence electrons. The van der Waals surface area contributed by atoms with Gasteiger partial charge in [0.1, 0.15) is 5.82 Å². The van der Waals surface area contributed by atoms with Crippen LogP contribution in [0, 0.1) is 5.82 Å². The second kappa shape index (κ2) is 9.07. The van der Waals surface area contributed by atoms with Gasteiger partial charge in [0.2, 0.25) is 0 Å².